The van der Waals surface area contributed by atoms with Crippen LogP contribution in [-0.2, 0) is 4.79 Å². The number of nitrogens with one attached hydrogen (secondary N) is 1. The van der Waals surface area contributed by atoms with E-state index in [0.717, 1.165) is 28.4 Å². The Labute approximate surface area is 117 Å². The first-order chi connectivity index (χ1) is 9.10. The Balaban J connectivity index is 2.08. The number of carbonyl (C=O) groups is 1. The van der Waals surface area contributed by atoms with Gasteiger partial charge < -0.3 is 5.32 Å². The summed E-state index contributed by atoms with van der Waals surface area (Å²) < 4.78 is 0. The highest BCUT2D eigenvalue weighted by atomic mass is 32.1. The second kappa shape index (κ2) is 5.97. The van der Waals surface area contributed by atoms with Gasteiger partial charge in [-0.25, -0.2) is 4.98 Å². The molecule has 2 aromatic rings. The Morgan fingerprint density at radius 2 is 2.05 bits per heavy atom. The Bertz CT molecular complexity index is 560. The van der Waals surface area contributed by atoms with Crippen LogP contribution in [0.5, 0.6) is 0 Å². The molecule has 1 N–H and O–H groups in total. The maximum absolute atomic E-state index is 11.8. The molecule has 0 aliphatic carbocycles. The Kier molecular flexibility index (Phi) is 4.32. The highest BCUT2D eigenvalue weighted by Crippen LogP contribution is 2.23. The van der Waals surface area contributed by atoms with E-state index in [4.69, 9.17) is 0 Å². The number of nitrogens with zero attached hydrogens (tertiary/aromatic N) is 1. The molecular weight excluding hydrogens is 256 g/mol. The topological polar surface area (TPSA) is 42.0 Å². The zero-order valence-corrected chi connectivity index (χ0v) is 12.3. The van der Waals surface area contributed by atoms with E-state index in [1.807, 2.05) is 50.4 Å². The normalized spacial score (nSPS) is 12.2. The highest BCUT2D eigenvalue weighted by Gasteiger charge is 2.10. The lowest BCUT2D eigenvalue weighted by atomic mass is 10.1. The van der Waals surface area contributed by atoms with E-state index in [9.17, 15) is 4.79 Å². The first-order valence-electron chi connectivity index (χ1n) is 6.43. The molecule has 1 atom stereocenters. The van der Waals surface area contributed by atoms with Crippen LogP contribution in [0.3, 0.4) is 0 Å². The standard InChI is InChI=1S/C15H18N2OS/c1-4-10(2)15(18)17-13-7-5-12(6-8-13)14-9-19-11(3)16-14/h5-10H,4H2,1-3H3,(H,17,18). The summed E-state index contributed by atoms with van der Waals surface area (Å²) in [6, 6.07) is 7.82. The van der Waals surface area contributed by atoms with Crippen LogP contribution < -0.4 is 5.32 Å². The molecule has 1 heterocycles. The summed E-state index contributed by atoms with van der Waals surface area (Å²) in [6.07, 6.45) is 0.849. The summed E-state index contributed by atoms with van der Waals surface area (Å²) >= 11 is 1.64. The number of benzene rings is 1. The molecule has 0 saturated carbocycles. The smallest absolute Gasteiger partial charge is 0.227 e. The van der Waals surface area contributed by atoms with Crippen LogP contribution >= 0.6 is 11.3 Å². The maximum Gasteiger partial charge on any atom is 0.227 e. The number of thiazole rings is 1. The van der Waals surface area contributed by atoms with Gasteiger partial charge in [-0.15, -0.1) is 11.3 Å². The number of anilines is 1. The molecule has 1 aromatic carbocycles. The van der Waals surface area contributed by atoms with Crippen molar-refractivity contribution in [2.45, 2.75) is 27.2 Å². The third kappa shape index (κ3) is 3.41. The summed E-state index contributed by atoms with van der Waals surface area (Å²) in [4.78, 5) is 16.2. The Hall–Kier alpha value is -1.68. The summed E-state index contributed by atoms with van der Waals surface area (Å²) in [5, 5.41) is 6.02. The first kappa shape index (κ1) is 13.7. The molecule has 0 fully saturated rings. The van der Waals surface area contributed by atoms with E-state index < -0.39 is 0 Å². The van der Waals surface area contributed by atoms with Gasteiger partial charge in [0.05, 0.1) is 10.7 Å². The zero-order valence-electron chi connectivity index (χ0n) is 11.4. The van der Waals surface area contributed by atoms with Gasteiger partial charge in [-0.2, -0.15) is 0 Å². The van der Waals surface area contributed by atoms with Crippen LogP contribution in [0.15, 0.2) is 29.6 Å². The van der Waals surface area contributed by atoms with Crippen molar-refractivity contribution in [1.82, 2.24) is 4.98 Å². The number of rotatable bonds is 4. The molecular formula is C15H18N2OS. The molecule has 0 saturated heterocycles. The van der Waals surface area contributed by atoms with Gasteiger partial charge in [0, 0.05) is 22.5 Å². The Morgan fingerprint density at radius 3 is 2.58 bits per heavy atom. The van der Waals surface area contributed by atoms with Crippen molar-refractivity contribution in [1.29, 1.82) is 0 Å². The fourth-order valence-corrected chi connectivity index (χ4v) is 2.29. The largest absolute Gasteiger partial charge is 0.326 e. The van der Waals surface area contributed by atoms with Crippen LogP contribution in [-0.4, -0.2) is 10.9 Å². The summed E-state index contributed by atoms with van der Waals surface area (Å²) in [5.74, 6) is 0.112. The molecule has 2 rings (SSSR count). The minimum atomic E-state index is 0.0425. The number of aromatic nitrogens is 1. The van der Waals surface area contributed by atoms with E-state index in [1.54, 1.807) is 11.3 Å². The number of hydrogen-bond acceptors (Lipinski definition) is 3. The van der Waals surface area contributed by atoms with Crippen LogP contribution in [0, 0.1) is 12.8 Å². The minimum absolute atomic E-state index is 0.0425. The molecule has 0 radical (unpaired) electrons. The first-order valence-corrected chi connectivity index (χ1v) is 7.31. The third-order valence-corrected chi connectivity index (χ3v) is 3.90. The maximum atomic E-state index is 11.8. The van der Waals surface area contributed by atoms with Gasteiger partial charge in [0.15, 0.2) is 0 Å². The van der Waals surface area contributed by atoms with Crippen LogP contribution in [0.25, 0.3) is 11.3 Å². The molecule has 0 aliphatic rings. The number of carbonyl (C=O) groups excluding carboxylic acids is 1. The second-order valence-electron chi connectivity index (χ2n) is 4.63. The van der Waals surface area contributed by atoms with Gasteiger partial charge in [-0.1, -0.05) is 26.0 Å². The van der Waals surface area contributed by atoms with Crippen molar-refractivity contribution in [2.75, 3.05) is 5.32 Å². The number of amides is 1. The quantitative estimate of drug-likeness (QED) is 0.912. The summed E-state index contributed by atoms with van der Waals surface area (Å²) in [6.45, 7) is 5.94. The molecule has 19 heavy (non-hydrogen) atoms. The summed E-state index contributed by atoms with van der Waals surface area (Å²) in [7, 11) is 0. The lowest BCUT2D eigenvalue weighted by Gasteiger charge is -2.10. The molecule has 4 heteroatoms. The van der Waals surface area contributed by atoms with Crippen LogP contribution in [0.2, 0.25) is 0 Å². The molecule has 0 spiro atoms. The molecule has 1 amide bonds. The summed E-state index contributed by atoms with van der Waals surface area (Å²) in [5.41, 5.74) is 2.90. The van der Waals surface area contributed by atoms with Gasteiger partial charge in [0.1, 0.15) is 0 Å². The third-order valence-electron chi connectivity index (χ3n) is 3.13. The van der Waals surface area contributed by atoms with Crippen molar-refractivity contribution in [3.05, 3.63) is 34.7 Å². The molecule has 1 unspecified atom stereocenters. The van der Waals surface area contributed by atoms with Crippen molar-refractivity contribution < 1.29 is 4.79 Å². The predicted octanol–water partition coefficient (Wildman–Crippen LogP) is 4.10. The fraction of sp³-hybridized carbons (Fsp3) is 0.333. The Morgan fingerprint density at radius 1 is 1.37 bits per heavy atom. The van der Waals surface area contributed by atoms with E-state index in [-0.39, 0.29) is 11.8 Å². The molecule has 3 nitrogen and oxygen atoms in total. The van der Waals surface area contributed by atoms with E-state index >= 15 is 0 Å². The number of hydrogen-bond donors (Lipinski definition) is 1. The SMILES string of the molecule is CCC(C)C(=O)Nc1ccc(-c2csc(C)n2)cc1. The van der Waals surface area contributed by atoms with E-state index in [2.05, 4.69) is 10.3 Å². The molecule has 1 aromatic heterocycles. The van der Waals surface area contributed by atoms with Gasteiger partial charge in [-0.3, -0.25) is 4.79 Å². The molecule has 0 bridgehead atoms. The van der Waals surface area contributed by atoms with Crippen LogP contribution in [0.1, 0.15) is 25.3 Å². The average Bonchev–Trinajstić information content (AvgIpc) is 2.85. The highest BCUT2D eigenvalue weighted by molar-refractivity contribution is 7.09. The lowest BCUT2D eigenvalue weighted by Crippen LogP contribution is -2.19. The minimum Gasteiger partial charge on any atom is -0.326 e. The fourth-order valence-electron chi connectivity index (χ4n) is 1.67. The van der Waals surface area contributed by atoms with Crippen molar-refractivity contribution in [2.24, 2.45) is 5.92 Å². The van der Waals surface area contributed by atoms with Gasteiger partial charge in [0.2, 0.25) is 5.91 Å². The van der Waals surface area contributed by atoms with Gasteiger partial charge in [0.25, 0.3) is 0 Å². The average molecular weight is 274 g/mol. The predicted molar refractivity (Wildman–Crippen MR) is 80.4 cm³/mol. The van der Waals surface area contributed by atoms with E-state index in [1.165, 1.54) is 0 Å². The van der Waals surface area contributed by atoms with Gasteiger partial charge in [-0.05, 0) is 25.5 Å². The van der Waals surface area contributed by atoms with Crippen LogP contribution in [0.4, 0.5) is 5.69 Å². The van der Waals surface area contributed by atoms with E-state index in [0.29, 0.717) is 0 Å². The van der Waals surface area contributed by atoms with Gasteiger partial charge >= 0.3 is 0 Å². The molecule has 0 aliphatic heterocycles. The zero-order chi connectivity index (χ0) is 13.8. The van der Waals surface area contributed by atoms with Crippen molar-refractivity contribution in [3.63, 3.8) is 0 Å². The van der Waals surface area contributed by atoms with Crippen molar-refractivity contribution >= 4 is 22.9 Å². The monoisotopic (exact) mass is 274 g/mol. The lowest BCUT2D eigenvalue weighted by molar-refractivity contribution is -0.119. The molecule has 100 valence electrons. The van der Waals surface area contributed by atoms with Crippen molar-refractivity contribution in [3.8, 4) is 11.3 Å². The number of aryl methyl sites for hydroxylation is 1. The second-order valence-corrected chi connectivity index (χ2v) is 5.69.